The van der Waals surface area contributed by atoms with Crippen LogP contribution in [-0.4, -0.2) is 143 Å². The van der Waals surface area contributed by atoms with Crippen LogP contribution in [0.4, 0.5) is 0 Å². The van der Waals surface area contributed by atoms with Crippen molar-refractivity contribution in [3.63, 3.8) is 0 Å². The van der Waals surface area contributed by atoms with Gasteiger partial charge >= 0.3 is 0 Å². The monoisotopic (exact) mass is 580 g/mol. The van der Waals surface area contributed by atoms with Crippen LogP contribution in [0.15, 0.2) is 4.99 Å². The number of aliphatic imine (C=N–C) groups is 1. The standard InChI is InChI=1S/C22H44N8O10/c23-4-7-1-2-9(30-22(27)28)20(37-7)39-17-8(25)3-10(29-19(36)11(32)5-24)18(16(17)35)40-21-15(34)13(26)14(33)12(6-31)38-21/h7-18,20-21,31-35H,1-6,23-26H2,(H,29,36)(H4,27,28,30). The number of ether oxygens (including phenoxy) is 4. The Bertz CT molecular complexity index is 854. The van der Waals surface area contributed by atoms with Crippen molar-refractivity contribution in [3.05, 3.63) is 0 Å². The number of nitrogens with one attached hydrogen (secondary N) is 1. The average molecular weight is 581 g/mol. The fourth-order valence-corrected chi connectivity index (χ4v) is 5.12. The summed E-state index contributed by atoms with van der Waals surface area (Å²) in [5, 5.41) is 54.3. The van der Waals surface area contributed by atoms with Gasteiger partial charge in [-0.3, -0.25) is 4.79 Å². The topological polar surface area (TPSA) is 336 Å². The Balaban J connectivity index is 1.87. The van der Waals surface area contributed by atoms with Crippen molar-refractivity contribution >= 4 is 11.9 Å². The van der Waals surface area contributed by atoms with Gasteiger partial charge < -0.3 is 84.2 Å². The Kier molecular flexibility index (Phi) is 11.8. The minimum atomic E-state index is -1.58. The quantitative estimate of drug-likeness (QED) is 0.0842. The Morgan fingerprint density at radius 2 is 1.68 bits per heavy atom. The molecule has 1 amide bonds. The highest BCUT2D eigenvalue weighted by atomic mass is 16.7. The summed E-state index contributed by atoms with van der Waals surface area (Å²) >= 11 is 0. The summed E-state index contributed by atoms with van der Waals surface area (Å²) in [5.41, 5.74) is 34.6. The highest BCUT2D eigenvalue weighted by Gasteiger charge is 2.51. The number of carbonyl (C=O) groups excluding carboxylic acids is 1. The van der Waals surface area contributed by atoms with Gasteiger partial charge in [0.05, 0.1) is 24.8 Å². The third-order valence-corrected chi connectivity index (χ3v) is 7.39. The largest absolute Gasteiger partial charge is 0.394 e. The lowest BCUT2D eigenvalue weighted by atomic mass is 9.83. The van der Waals surface area contributed by atoms with Gasteiger partial charge in [-0.1, -0.05) is 0 Å². The zero-order valence-electron chi connectivity index (χ0n) is 22.0. The lowest BCUT2D eigenvalue weighted by molar-refractivity contribution is -0.313. The molecule has 0 spiro atoms. The molecule has 18 nitrogen and oxygen atoms in total. The maximum Gasteiger partial charge on any atom is 0.250 e. The third-order valence-electron chi connectivity index (χ3n) is 7.39. The smallest absolute Gasteiger partial charge is 0.250 e. The van der Waals surface area contributed by atoms with Crippen LogP contribution in [0, 0.1) is 0 Å². The maximum absolute atomic E-state index is 12.5. The van der Waals surface area contributed by atoms with E-state index in [1.807, 2.05) is 0 Å². The highest BCUT2D eigenvalue weighted by molar-refractivity contribution is 5.81. The molecule has 2 aliphatic heterocycles. The second-order valence-electron chi connectivity index (χ2n) is 10.3. The minimum Gasteiger partial charge on any atom is -0.394 e. The zero-order valence-corrected chi connectivity index (χ0v) is 22.0. The molecular weight excluding hydrogens is 536 g/mol. The van der Waals surface area contributed by atoms with Crippen LogP contribution in [0.2, 0.25) is 0 Å². The minimum absolute atomic E-state index is 0.0314. The van der Waals surface area contributed by atoms with Gasteiger partial charge in [0.1, 0.15) is 48.8 Å². The van der Waals surface area contributed by atoms with Crippen LogP contribution in [0.3, 0.4) is 0 Å². The predicted octanol–water partition coefficient (Wildman–Crippen LogP) is -7.47. The molecular formula is C22H44N8O10. The molecule has 232 valence electrons. The van der Waals surface area contributed by atoms with Gasteiger partial charge in [0, 0.05) is 19.1 Å². The normalized spacial score (nSPS) is 43.1. The molecule has 0 radical (unpaired) electrons. The second-order valence-corrected chi connectivity index (χ2v) is 10.3. The van der Waals surface area contributed by atoms with Gasteiger partial charge in [0.15, 0.2) is 18.5 Å². The van der Waals surface area contributed by atoms with Crippen LogP contribution in [-0.2, 0) is 23.7 Å². The molecule has 18 N–H and O–H groups in total. The Hall–Kier alpha value is -1.78. The van der Waals surface area contributed by atoms with E-state index >= 15 is 0 Å². The van der Waals surface area contributed by atoms with Crippen LogP contribution >= 0.6 is 0 Å². The summed E-state index contributed by atoms with van der Waals surface area (Å²) in [7, 11) is 0. The first-order valence-electron chi connectivity index (χ1n) is 13.2. The lowest BCUT2D eigenvalue weighted by Gasteiger charge is -2.48. The van der Waals surface area contributed by atoms with Crippen LogP contribution in [0.25, 0.3) is 0 Å². The molecule has 40 heavy (non-hydrogen) atoms. The second kappa shape index (κ2) is 14.4. The number of carbonyl (C=O) groups is 1. The number of rotatable bonds is 10. The molecule has 3 fully saturated rings. The van der Waals surface area contributed by atoms with Crippen LogP contribution < -0.4 is 39.7 Å². The fraction of sp³-hybridized carbons (Fsp3) is 0.909. The van der Waals surface area contributed by atoms with Gasteiger partial charge in [0.25, 0.3) is 0 Å². The van der Waals surface area contributed by atoms with Crippen LogP contribution in [0.5, 0.6) is 0 Å². The van der Waals surface area contributed by atoms with Crippen molar-refractivity contribution in [3.8, 4) is 0 Å². The average Bonchev–Trinajstić information content (AvgIpc) is 2.92. The van der Waals surface area contributed by atoms with Crippen molar-refractivity contribution in [1.82, 2.24) is 5.32 Å². The molecule has 0 aromatic heterocycles. The van der Waals surface area contributed by atoms with E-state index in [2.05, 4.69) is 10.3 Å². The Morgan fingerprint density at radius 1 is 1.00 bits per heavy atom. The number of amides is 1. The van der Waals surface area contributed by atoms with E-state index < -0.39 is 92.0 Å². The van der Waals surface area contributed by atoms with Gasteiger partial charge in [-0.2, -0.15) is 0 Å². The van der Waals surface area contributed by atoms with Crippen molar-refractivity contribution in [2.45, 2.75) is 105 Å². The molecule has 18 heteroatoms. The van der Waals surface area contributed by atoms with E-state index in [-0.39, 0.29) is 31.6 Å². The molecule has 14 atom stereocenters. The van der Waals surface area contributed by atoms with Gasteiger partial charge in [0.2, 0.25) is 5.91 Å². The fourth-order valence-electron chi connectivity index (χ4n) is 5.12. The first-order chi connectivity index (χ1) is 18.9. The summed E-state index contributed by atoms with van der Waals surface area (Å²) in [6.45, 7) is -0.805. The van der Waals surface area contributed by atoms with E-state index in [1.165, 1.54) is 0 Å². The van der Waals surface area contributed by atoms with Gasteiger partial charge in [-0.25, -0.2) is 4.99 Å². The van der Waals surface area contributed by atoms with Gasteiger partial charge in [-0.05, 0) is 19.3 Å². The highest BCUT2D eigenvalue weighted by Crippen LogP contribution is 2.32. The molecule has 3 rings (SSSR count). The van der Waals surface area contributed by atoms with Crippen molar-refractivity contribution in [2.24, 2.45) is 39.4 Å². The Morgan fingerprint density at radius 3 is 2.27 bits per heavy atom. The van der Waals surface area contributed by atoms with E-state index in [4.69, 9.17) is 53.3 Å². The van der Waals surface area contributed by atoms with E-state index in [1.54, 1.807) is 0 Å². The maximum atomic E-state index is 12.5. The van der Waals surface area contributed by atoms with Gasteiger partial charge in [-0.15, -0.1) is 0 Å². The number of guanidine groups is 1. The molecule has 2 heterocycles. The summed E-state index contributed by atoms with van der Waals surface area (Å²) in [4.78, 5) is 16.6. The number of aliphatic hydroxyl groups excluding tert-OH is 5. The molecule has 1 saturated carbocycles. The lowest BCUT2D eigenvalue weighted by Crippen LogP contribution is -2.69. The first-order valence-corrected chi connectivity index (χ1v) is 13.2. The predicted molar refractivity (Wildman–Crippen MR) is 138 cm³/mol. The molecule has 1 aliphatic carbocycles. The Labute approximate surface area is 230 Å². The first kappa shape index (κ1) is 32.7. The molecule has 0 bridgehead atoms. The number of nitrogens with two attached hydrogens (primary N) is 6. The van der Waals surface area contributed by atoms with E-state index in [9.17, 15) is 30.3 Å². The van der Waals surface area contributed by atoms with Crippen molar-refractivity contribution in [1.29, 1.82) is 0 Å². The summed E-state index contributed by atoms with van der Waals surface area (Å²) < 4.78 is 23.4. The van der Waals surface area contributed by atoms with Crippen molar-refractivity contribution < 1.29 is 49.3 Å². The van der Waals surface area contributed by atoms with E-state index in [0.29, 0.717) is 12.8 Å². The number of hydrogen-bond acceptors (Lipinski definition) is 15. The third kappa shape index (κ3) is 7.53. The SMILES string of the molecule is NCC1CCC(N=C(N)N)C(OC2C(N)CC(NC(=O)C(O)CN)C(OC3OC(CO)C(O)C(N)C3O)C2O)O1. The van der Waals surface area contributed by atoms with Crippen LogP contribution in [0.1, 0.15) is 19.3 Å². The number of aliphatic hydroxyl groups is 5. The molecule has 14 unspecified atom stereocenters. The van der Waals surface area contributed by atoms with E-state index in [0.717, 1.165) is 0 Å². The summed E-state index contributed by atoms with van der Waals surface area (Å²) in [6, 6.07) is -3.81. The molecule has 0 aromatic carbocycles. The zero-order chi connectivity index (χ0) is 29.7. The van der Waals surface area contributed by atoms with Crippen molar-refractivity contribution in [2.75, 3.05) is 19.7 Å². The molecule has 3 aliphatic rings. The number of hydrogen-bond donors (Lipinski definition) is 12. The number of nitrogens with zero attached hydrogens (tertiary/aromatic N) is 1. The summed E-state index contributed by atoms with van der Waals surface area (Å²) in [5.74, 6) is -1.04. The summed E-state index contributed by atoms with van der Waals surface area (Å²) in [6.07, 6.45) is -11.7. The molecule has 0 aromatic rings. The molecule has 2 saturated heterocycles.